The van der Waals surface area contributed by atoms with Crippen molar-refractivity contribution in [2.45, 2.75) is 32.8 Å². The Kier molecular flexibility index (Phi) is 6.06. The van der Waals surface area contributed by atoms with Gasteiger partial charge in [-0.25, -0.2) is 4.79 Å². The first-order chi connectivity index (χ1) is 10.9. The van der Waals surface area contributed by atoms with Crippen LogP contribution in [0.4, 0.5) is 9.93 Å². The highest BCUT2D eigenvalue weighted by Crippen LogP contribution is 2.19. The molecule has 0 spiro atoms. The second-order valence-corrected chi connectivity index (χ2v) is 6.71. The second-order valence-electron chi connectivity index (χ2n) is 5.65. The van der Waals surface area contributed by atoms with Crippen molar-refractivity contribution in [3.63, 3.8) is 0 Å². The van der Waals surface area contributed by atoms with Gasteiger partial charge < -0.3 is 10.0 Å². The third-order valence-electron chi connectivity index (χ3n) is 3.39. The zero-order valence-electron chi connectivity index (χ0n) is 13.6. The molecule has 1 atom stereocenters. The van der Waals surface area contributed by atoms with Crippen LogP contribution < -0.4 is 5.32 Å². The van der Waals surface area contributed by atoms with Gasteiger partial charge in [-0.15, -0.1) is 10.2 Å². The number of rotatable bonds is 6. The topological polar surface area (TPSA) is 78.4 Å². The van der Waals surface area contributed by atoms with E-state index in [0.717, 1.165) is 5.01 Å². The molecule has 0 fully saturated rings. The van der Waals surface area contributed by atoms with Gasteiger partial charge in [0.15, 0.2) is 0 Å². The van der Waals surface area contributed by atoms with E-state index in [4.69, 9.17) is 0 Å². The van der Waals surface area contributed by atoms with E-state index in [9.17, 15) is 9.90 Å². The Morgan fingerprint density at radius 1 is 1.35 bits per heavy atom. The van der Waals surface area contributed by atoms with E-state index < -0.39 is 6.10 Å². The highest BCUT2D eigenvalue weighted by atomic mass is 32.1. The molecule has 1 aromatic carbocycles. The van der Waals surface area contributed by atoms with Gasteiger partial charge in [0, 0.05) is 20.0 Å². The molecule has 0 radical (unpaired) electrons. The monoisotopic (exact) mass is 334 g/mol. The fourth-order valence-corrected chi connectivity index (χ4v) is 2.69. The summed E-state index contributed by atoms with van der Waals surface area (Å²) in [6.07, 6.45) is 0.817. The number of aryl methyl sites for hydroxylation is 1. The highest BCUT2D eigenvalue weighted by molar-refractivity contribution is 7.15. The molecule has 0 aliphatic carbocycles. The molecule has 124 valence electrons. The van der Waals surface area contributed by atoms with Crippen molar-refractivity contribution in [2.75, 3.05) is 18.9 Å². The van der Waals surface area contributed by atoms with Crippen LogP contribution in [0.25, 0.3) is 0 Å². The Morgan fingerprint density at radius 2 is 2.04 bits per heavy atom. The van der Waals surface area contributed by atoms with Crippen LogP contribution in [-0.4, -0.2) is 45.9 Å². The van der Waals surface area contributed by atoms with Gasteiger partial charge in [-0.05, 0) is 25.8 Å². The predicted molar refractivity (Wildman–Crippen MR) is 91.8 cm³/mol. The number of urea groups is 1. The van der Waals surface area contributed by atoms with E-state index in [1.54, 1.807) is 14.0 Å². The lowest BCUT2D eigenvalue weighted by Crippen LogP contribution is -2.33. The van der Waals surface area contributed by atoms with Gasteiger partial charge in [0.2, 0.25) is 5.13 Å². The van der Waals surface area contributed by atoms with Crippen molar-refractivity contribution >= 4 is 22.5 Å². The number of aliphatic hydroxyl groups excluding tert-OH is 1. The van der Waals surface area contributed by atoms with Crippen LogP contribution in [0, 0.1) is 6.92 Å². The summed E-state index contributed by atoms with van der Waals surface area (Å²) in [5.41, 5.74) is 2.39. The van der Waals surface area contributed by atoms with Gasteiger partial charge in [-0.3, -0.25) is 5.32 Å². The van der Waals surface area contributed by atoms with Crippen LogP contribution in [0.2, 0.25) is 0 Å². The fourth-order valence-electron chi connectivity index (χ4n) is 1.93. The van der Waals surface area contributed by atoms with Crippen LogP contribution in [0.1, 0.15) is 29.5 Å². The minimum atomic E-state index is -0.423. The molecule has 0 aliphatic rings. The smallest absolute Gasteiger partial charge is 0.323 e. The maximum absolute atomic E-state index is 12.0. The number of nitrogens with one attached hydrogen (secondary N) is 1. The average molecular weight is 334 g/mol. The summed E-state index contributed by atoms with van der Waals surface area (Å²) in [7, 11) is 1.69. The first kappa shape index (κ1) is 17.4. The standard InChI is InChI=1S/C16H22N4O2S/c1-11-4-6-13(7-5-11)10-14-18-19-15(23-14)17-16(22)20(3)9-8-12(2)21/h4-7,12,21H,8-10H2,1-3H3,(H,17,19,22). The molecule has 1 heterocycles. The summed E-state index contributed by atoms with van der Waals surface area (Å²) in [4.78, 5) is 13.5. The number of nitrogens with zero attached hydrogens (tertiary/aromatic N) is 3. The van der Waals surface area contributed by atoms with Gasteiger partial charge in [0.05, 0.1) is 6.10 Å². The molecule has 2 amide bonds. The van der Waals surface area contributed by atoms with Crippen LogP contribution in [0.5, 0.6) is 0 Å². The number of amides is 2. The third-order valence-corrected chi connectivity index (χ3v) is 4.22. The zero-order valence-corrected chi connectivity index (χ0v) is 14.4. The van der Waals surface area contributed by atoms with Gasteiger partial charge in [0.25, 0.3) is 0 Å². The quantitative estimate of drug-likeness (QED) is 0.851. The Labute approximate surface area is 140 Å². The maximum atomic E-state index is 12.0. The fraction of sp³-hybridized carbons (Fsp3) is 0.438. The van der Waals surface area contributed by atoms with E-state index in [2.05, 4.69) is 46.7 Å². The Hall–Kier alpha value is -1.99. The van der Waals surface area contributed by atoms with Crippen molar-refractivity contribution in [2.24, 2.45) is 0 Å². The Balaban J connectivity index is 1.89. The van der Waals surface area contributed by atoms with Crippen LogP contribution in [0.3, 0.4) is 0 Å². The number of carbonyl (C=O) groups excluding carboxylic acids is 1. The normalized spacial score (nSPS) is 12.0. The van der Waals surface area contributed by atoms with Crippen molar-refractivity contribution < 1.29 is 9.90 Å². The third kappa shape index (κ3) is 5.61. The molecular weight excluding hydrogens is 312 g/mol. The number of hydrogen-bond donors (Lipinski definition) is 2. The van der Waals surface area contributed by atoms with Gasteiger partial charge >= 0.3 is 6.03 Å². The molecular formula is C16H22N4O2S. The summed E-state index contributed by atoms with van der Waals surface area (Å²) in [6.45, 7) is 4.24. The number of aliphatic hydroxyl groups is 1. The number of anilines is 1. The molecule has 0 bridgehead atoms. The van der Waals surface area contributed by atoms with Gasteiger partial charge in [-0.2, -0.15) is 0 Å². The molecule has 23 heavy (non-hydrogen) atoms. The lowest BCUT2D eigenvalue weighted by molar-refractivity contribution is 0.167. The molecule has 6 nitrogen and oxygen atoms in total. The lowest BCUT2D eigenvalue weighted by atomic mass is 10.1. The SMILES string of the molecule is Cc1ccc(Cc2nnc(NC(=O)N(C)CCC(C)O)s2)cc1. The molecule has 0 saturated heterocycles. The zero-order chi connectivity index (χ0) is 16.8. The Bertz CT molecular complexity index is 640. The Morgan fingerprint density at radius 3 is 2.70 bits per heavy atom. The van der Waals surface area contributed by atoms with Crippen molar-refractivity contribution in [1.82, 2.24) is 15.1 Å². The first-order valence-corrected chi connectivity index (χ1v) is 8.34. The minimum absolute atomic E-state index is 0.247. The van der Waals surface area contributed by atoms with E-state index in [0.29, 0.717) is 24.5 Å². The number of hydrogen-bond acceptors (Lipinski definition) is 5. The molecule has 2 aromatic rings. The molecule has 2 rings (SSSR count). The van der Waals surface area contributed by atoms with Crippen LogP contribution in [-0.2, 0) is 6.42 Å². The minimum Gasteiger partial charge on any atom is -0.393 e. The number of aromatic nitrogens is 2. The van der Waals surface area contributed by atoms with Gasteiger partial charge in [0.1, 0.15) is 5.01 Å². The molecule has 2 N–H and O–H groups in total. The lowest BCUT2D eigenvalue weighted by Gasteiger charge is -2.17. The number of benzene rings is 1. The summed E-state index contributed by atoms with van der Waals surface area (Å²) < 4.78 is 0. The van der Waals surface area contributed by atoms with Crippen LogP contribution >= 0.6 is 11.3 Å². The number of carbonyl (C=O) groups is 1. The summed E-state index contributed by atoms with van der Waals surface area (Å²) in [5.74, 6) is 0. The average Bonchev–Trinajstić information content (AvgIpc) is 2.94. The molecule has 7 heteroatoms. The van der Waals surface area contributed by atoms with E-state index in [1.165, 1.54) is 27.4 Å². The summed E-state index contributed by atoms with van der Waals surface area (Å²) in [5, 5.41) is 21.5. The van der Waals surface area contributed by atoms with Crippen molar-refractivity contribution in [1.29, 1.82) is 0 Å². The van der Waals surface area contributed by atoms with E-state index in [-0.39, 0.29) is 6.03 Å². The molecule has 0 saturated carbocycles. The van der Waals surface area contributed by atoms with Gasteiger partial charge in [-0.1, -0.05) is 41.2 Å². The van der Waals surface area contributed by atoms with Crippen molar-refractivity contribution in [3.05, 3.63) is 40.4 Å². The van der Waals surface area contributed by atoms with E-state index in [1.807, 2.05) is 0 Å². The predicted octanol–water partition coefficient (Wildman–Crippen LogP) is 2.67. The molecule has 0 aliphatic heterocycles. The molecule has 1 aromatic heterocycles. The summed E-state index contributed by atoms with van der Waals surface area (Å²) >= 11 is 1.37. The maximum Gasteiger partial charge on any atom is 0.323 e. The largest absolute Gasteiger partial charge is 0.393 e. The van der Waals surface area contributed by atoms with Crippen LogP contribution in [0.15, 0.2) is 24.3 Å². The first-order valence-electron chi connectivity index (χ1n) is 7.52. The van der Waals surface area contributed by atoms with E-state index >= 15 is 0 Å². The highest BCUT2D eigenvalue weighted by Gasteiger charge is 2.13. The summed E-state index contributed by atoms with van der Waals surface area (Å²) in [6, 6.07) is 8.02. The second kappa shape index (κ2) is 8.03. The molecule has 1 unspecified atom stereocenters. The van der Waals surface area contributed by atoms with Crippen molar-refractivity contribution in [3.8, 4) is 0 Å².